The molecule has 0 saturated heterocycles. The summed E-state index contributed by atoms with van der Waals surface area (Å²) in [6.07, 6.45) is 2.66. The molecule has 0 spiro atoms. The lowest BCUT2D eigenvalue weighted by Gasteiger charge is -2.10. The van der Waals surface area contributed by atoms with Crippen molar-refractivity contribution < 1.29 is 9.13 Å². The normalized spacial score (nSPS) is 17.8. The van der Waals surface area contributed by atoms with Gasteiger partial charge in [0.25, 0.3) is 0 Å². The SMILES string of the molecule is COCc1ccc(CC2(N)CC2)c(F)c1. The molecular formula is C12H16FNO. The average Bonchev–Trinajstić information content (AvgIpc) is 2.90. The van der Waals surface area contributed by atoms with Crippen LogP contribution in [0.3, 0.4) is 0 Å². The van der Waals surface area contributed by atoms with Gasteiger partial charge < -0.3 is 10.5 Å². The highest BCUT2D eigenvalue weighted by molar-refractivity contribution is 5.27. The van der Waals surface area contributed by atoms with E-state index in [1.165, 1.54) is 6.07 Å². The molecule has 0 bridgehead atoms. The topological polar surface area (TPSA) is 35.2 Å². The maximum Gasteiger partial charge on any atom is 0.126 e. The quantitative estimate of drug-likeness (QED) is 0.823. The van der Waals surface area contributed by atoms with Crippen molar-refractivity contribution in [2.24, 2.45) is 5.73 Å². The molecule has 1 aliphatic carbocycles. The summed E-state index contributed by atoms with van der Waals surface area (Å²) >= 11 is 0. The van der Waals surface area contributed by atoms with Gasteiger partial charge in [0.15, 0.2) is 0 Å². The second-order valence-corrected chi connectivity index (χ2v) is 4.40. The summed E-state index contributed by atoms with van der Waals surface area (Å²) < 4.78 is 18.6. The molecule has 82 valence electrons. The molecule has 2 nitrogen and oxygen atoms in total. The molecule has 0 atom stereocenters. The van der Waals surface area contributed by atoms with Crippen LogP contribution >= 0.6 is 0 Å². The maximum atomic E-state index is 13.6. The zero-order valence-corrected chi connectivity index (χ0v) is 8.92. The summed E-state index contributed by atoms with van der Waals surface area (Å²) in [6, 6.07) is 5.24. The number of nitrogens with two attached hydrogens (primary N) is 1. The molecule has 0 heterocycles. The van der Waals surface area contributed by atoms with Crippen molar-refractivity contribution in [2.45, 2.75) is 31.4 Å². The molecule has 0 aliphatic heterocycles. The van der Waals surface area contributed by atoms with E-state index in [9.17, 15) is 4.39 Å². The maximum absolute atomic E-state index is 13.6. The number of ether oxygens (including phenoxy) is 1. The summed E-state index contributed by atoms with van der Waals surface area (Å²) in [5, 5.41) is 0. The van der Waals surface area contributed by atoms with Gasteiger partial charge in [-0.25, -0.2) is 4.39 Å². The first-order chi connectivity index (χ1) is 7.13. The minimum absolute atomic E-state index is 0.135. The predicted octanol–water partition coefficient (Wildman–Crippen LogP) is 2.01. The molecule has 15 heavy (non-hydrogen) atoms. The zero-order chi connectivity index (χ0) is 10.9. The summed E-state index contributed by atoms with van der Waals surface area (Å²) in [5.41, 5.74) is 7.40. The first-order valence-corrected chi connectivity index (χ1v) is 5.18. The van der Waals surface area contributed by atoms with E-state index in [1.54, 1.807) is 7.11 Å². The Kier molecular flexibility index (Phi) is 2.76. The van der Waals surface area contributed by atoms with E-state index >= 15 is 0 Å². The second kappa shape index (κ2) is 3.91. The minimum Gasteiger partial charge on any atom is -0.380 e. The Labute approximate surface area is 89.2 Å². The Morgan fingerprint density at radius 3 is 2.73 bits per heavy atom. The molecular weight excluding hydrogens is 193 g/mol. The molecule has 0 unspecified atom stereocenters. The monoisotopic (exact) mass is 209 g/mol. The van der Waals surface area contributed by atoms with E-state index in [-0.39, 0.29) is 11.4 Å². The van der Waals surface area contributed by atoms with E-state index < -0.39 is 0 Å². The fourth-order valence-corrected chi connectivity index (χ4v) is 1.71. The average molecular weight is 209 g/mol. The minimum atomic E-state index is -0.165. The van der Waals surface area contributed by atoms with Gasteiger partial charge in [0.2, 0.25) is 0 Å². The molecule has 1 aromatic carbocycles. The zero-order valence-electron chi connectivity index (χ0n) is 8.92. The lowest BCUT2D eigenvalue weighted by Crippen LogP contribution is -2.25. The van der Waals surface area contributed by atoms with Crippen LogP contribution in [0.5, 0.6) is 0 Å². The van der Waals surface area contributed by atoms with Gasteiger partial charge in [0.1, 0.15) is 5.82 Å². The fraction of sp³-hybridized carbons (Fsp3) is 0.500. The van der Waals surface area contributed by atoms with E-state index in [0.29, 0.717) is 13.0 Å². The van der Waals surface area contributed by atoms with Crippen LogP contribution in [-0.2, 0) is 17.8 Å². The van der Waals surface area contributed by atoms with Crippen LogP contribution in [0.15, 0.2) is 18.2 Å². The Hall–Kier alpha value is -0.930. The van der Waals surface area contributed by atoms with Crippen LogP contribution in [0.25, 0.3) is 0 Å². The van der Waals surface area contributed by atoms with E-state index in [0.717, 1.165) is 24.0 Å². The highest BCUT2D eigenvalue weighted by Crippen LogP contribution is 2.36. The summed E-state index contributed by atoms with van der Waals surface area (Å²) in [7, 11) is 1.60. The third-order valence-electron chi connectivity index (χ3n) is 2.86. The summed E-state index contributed by atoms with van der Waals surface area (Å²) in [5.74, 6) is -0.165. The summed E-state index contributed by atoms with van der Waals surface area (Å²) in [4.78, 5) is 0. The highest BCUT2D eigenvalue weighted by atomic mass is 19.1. The van der Waals surface area contributed by atoms with Gasteiger partial charge in [0, 0.05) is 12.6 Å². The van der Waals surface area contributed by atoms with Crippen molar-refractivity contribution in [3.63, 3.8) is 0 Å². The molecule has 1 aromatic rings. The third-order valence-corrected chi connectivity index (χ3v) is 2.86. The summed E-state index contributed by atoms with van der Waals surface area (Å²) in [6.45, 7) is 0.449. The Morgan fingerprint density at radius 1 is 1.47 bits per heavy atom. The fourth-order valence-electron chi connectivity index (χ4n) is 1.71. The number of halogens is 1. The third kappa shape index (κ3) is 2.55. The van der Waals surface area contributed by atoms with Crippen molar-refractivity contribution in [1.29, 1.82) is 0 Å². The number of methoxy groups -OCH3 is 1. The van der Waals surface area contributed by atoms with Gasteiger partial charge in [-0.1, -0.05) is 12.1 Å². The van der Waals surface area contributed by atoms with E-state index in [2.05, 4.69) is 0 Å². The van der Waals surface area contributed by atoms with Gasteiger partial charge in [-0.05, 0) is 36.5 Å². The molecule has 3 heteroatoms. The number of hydrogen-bond acceptors (Lipinski definition) is 2. The Morgan fingerprint density at radius 2 is 2.20 bits per heavy atom. The van der Waals surface area contributed by atoms with Crippen molar-refractivity contribution in [1.82, 2.24) is 0 Å². The number of benzene rings is 1. The second-order valence-electron chi connectivity index (χ2n) is 4.40. The van der Waals surface area contributed by atoms with Crippen LogP contribution in [0.4, 0.5) is 4.39 Å². The molecule has 2 N–H and O–H groups in total. The van der Waals surface area contributed by atoms with Crippen molar-refractivity contribution in [3.05, 3.63) is 35.1 Å². The molecule has 2 rings (SSSR count). The van der Waals surface area contributed by atoms with Crippen molar-refractivity contribution in [2.75, 3.05) is 7.11 Å². The van der Waals surface area contributed by atoms with Gasteiger partial charge in [-0.15, -0.1) is 0 Å². The van der Waals surface area contributed by atoms with Crippen LogP contribution in [0.2, 0.25) is 0 Å². The van der Waals surface area contributed by atoms with Crippen molar-refractivity contribution in [3.8, 4) is 0 Å². The number of rotatable bonds is 4. The largest absolute Gasteiger partial charge is 0.380 e. The lowest BCUT2D eigenvalue weighted by molar-refractivity contribution is 0.184. The number of hydrogen-bond donors (Lipinski definition) is 1. The van der Waals surface area contributed by atoms with Gasteiger partial charge in [0.05, 0.1) is 6.61 Å². The molecule has 1 saturated carbocycles. The smallest absolute Gasteiger partial charge is 0.126 e. The molecule has 0 radical (unpaired) electrons. The van der Waals surface area contributed by atoms with Gasteiger partial charge in [-0.3, -0.25) is 0 Å². The lowest BCUT2D eigenvalue weighted by atomic mass is 10.0. The Balaban J connectivity index is 2.11. The molecule has 1 aliphatic rings. The van der Waals surface area contributed by atoms with Crippen LogP contribution in [0, 0.1) is 5.82 Å². The Bertz CT molecular complexity index is 361. The first-order valence-electron chi connectivity index (χ1n) is 5.18. The molecule has 1 fully saturated rings. The standard InChI is InChI=1S/C12H16FNO/c1-15-8-9-2-3-10(11(13)6-9)7-12(14)4-5-12/h2-3,6H,4-5,7-8,14H2,1H3. The first kappa shape index (κ1) is 10.6. The van der Waals surface area contributed by atoms with Crippen molar-refractivity contribution >= 4 is 0 Å². The van der Waals surface area contributed by atoms with E-state index in [4.69, 9.17) is 10.5 Å². The highest BCUT2D eigenvalue weighted by Gasteiger charge is 2.38. The van der Waals surface area contributed by atoms with Gasteiger partial charge >= 0.3 is 0 Å². The van der Waals surface area contributed by atoms with Crippen LogP contribution in [-0.4, -0.2) is 12.6 Å². The van der Waals surface area contributed by atoms with Gasteiger partial charge in [-0.2, -0.15) is 0 Å². The molecule has 0 amide bonds. The van der Waals surface area contributed by atoms with Crippen LogP contribution in [0.1, 0.15) is 24.0 Å². The predicted molar refractivity (Wildman–Crippen MR) is 57.0 cm³/mol. The van der Waals surface area contributed by atoms with E-state index in [1.807, 2.05) is 12.1 Å². The van der Waals surface area contributed by atoms with Crippen LogP contribution < -0.4 is 5.73 Å². The molecule has 0 aromatic heterocycles.